The molecular formula is C19H23N3O. The summed E-state index contributed by atoms with van der Waals surface area (Å²) in [6.45, 7) is 10.3. The molecule has 0 aliphatic heterocycles. The molecule has 4 N–H and O–H groups in total. The van der Waals surface area contributed by atoms with E-state index in [1.54, 1.807) is 12.1 Å². The van der Waals surface area contributed by atoms with Crippen molar-refractivity contribution < 1.29 is 4.79 Å². The molecule has 120 valence electrons. The Balaban J connectivity index is 1.98. The normalized spacial score (nSPS) is 10.9. The van der Waals surface area contributed by atoms with Gasteiger partial charge in [0.2, 0.25) is 0 Å². The van der Waals surface area contributed by atoms with Crippen molar-refractivity contribution in [1.82, 2.24) is 10.9 Å². The van der Waals surface area contributed by atoms with Crippen LogP contribution in [0.15, 0.2) is 55.1 Å². The predicted octanol–water partition coefficient (Wildman–Crippen LogP) is 3.47. The molecule has 1 amide bonds. The molecule has 0 aliphatic rings. The number of rotatable bonds is 4. The second kappa shape index (κ2) is 6.57. The zero-order valence-corrected chi connectivity index (χ0v) is 13.8. The van der Waals surface area contributed by atoms with Crippen LogP contribution in [-0.2, 0) is 5.41 Å². The number of carbonyl (C=O) groups is 1. The molecule has 0 heterocycles. The maximum atomic E-state index is 12.2. The number of nitrogen functional groups attached to an aromatic ring is 1. The van der Waals surface area contributed by atoms with E-state index in [0.29, 0.717) is 16.9 Å². The van der Waals surface area contributed by atoms with Crippen molar-refractivity contribution >= 4 is 17.3 Å². The summed E-state index contributed by atoms with van der Waals surface area (Å²) in [5.74, 6) is -0.212. The number of anilines is 1. The summed E-state index contributed by atoms with van der Waals surface area (Å²) >= 11 is 0. The Morgan fingerprint density at radius 1 is 1.00 bits per heavy atom. The molecule has 0 saturated heterocycles. The molecule has 0 atom stereocenters. The smallest absolute Gasteiger partial charge is 0.269 e. The summed E-state index contributed by atoms with van der Waals surface area (Å²) in [5.41, 5.74) is 15.1. The van der Waals surface area contributed by atoms with Gasteiger partial charge in [-0.05, 0) is 35.2 Å². The summed E-state index contributed by atoms with van der Waals surface area (Å²) in [6, 6.07) is 14.9. The van der Waals surface area contributed by atoms with E-state index >= 15 is 0 Å². The molecule has 2 aromatic rings. The first-order valence-corrected chi connectivity index (χ1v) is 7.49. The lowest BCUT2D eigenvalue weighted by atomic mass is 9.87. The highest BCUT2D eigenvalue weighted by atomic mass is 16.2. The number of carbonyl (C=O) groups excluding carboxylic acids is 1. The van der Waals surface area contributed by atoms with Gasteiger partial charge in [-0.2, -0.15) is 0 Å². The Bertz CT molecular complexity index is 712. The molecule has 0 saturated carbocycles. The first kappa shape index (κ1) is 16.6. The van der Waals surface area contributed by atoms with Crippen LogP contribution in [0.3, 0.4) is 0 Å². The average Bonchev–Trinajstić information content (AvgIpc) is 2.51. The molecule has 0 aliphatic carbocycles. The van der Waals surface area contributed by atoms with Crippen LogP contribution < -0.4 is 16.6 Å². The monoisotopic (exact) mass is 309 g/mol. The van der Waals surface area contributed by atoms with Crippen molar-refractivity contribution in [2.24, 2.45) is 0 Å². The summed E-state index contributed by atoms with van der Waals surface area (Å²) in [5, 5.41) is 0. The van der Waals surface area contributed by atoms with Crippen molar-refractivity contribution in [2.75, 3.05) is 5.73 Å². The lowest BCUT2D eigenvalue weighted by Gasteiger charge is -2.19. The molecule has 4 heteroatoms. The Morgan fingerprint density at radius 3 is 2.22 bits per heavy atom. The third kappa shape index (κ3) is 4.36. The highest BCUT2D eigenvalue weighted by Gasteiger charge is 2.14. The quantitative estimate of drug-likeness (QED) is 0.598. The van der Waals surface area contributed by atoms with Gasteiger partial charge < -0.3 is 5.73 Å². The molecule has 4 nitrogen and oxygen atoms in total. The fourth-order valence-corrected chi connectivity index (χ4v) is 2.12. The summed E-state index contributed by atoms with van der Waals surface area (Å²) in [6.07, 6.45) is 0. The number of hydrogen-bond donors (Lipinski definition) is 3. The number of hydrazine groups is 1. The van der Waals surface area contributed by atoms with E-state index < -0.39 is 0 Å². The molecule has 0 spiro atoms. The van der Waals surface area contributed by atoms with Crippen molar-refractivity contribution in [3.63, 3.8) is 0 Å². The van der Waals surface area contributed by atoms with E-state index in [0.717, 1.165) is 5.56 Å². The summed E-state index contributed by atoms with van der Waals surface area (Å²) in [4.78, 5) is 12.2. The zero-order valence-electron chi connectivity index (χ0n) is 13.8. The maximum Gasteiger partial charge on any atom is 0.269 e. The van der Waals surface area contributed by atoms with Gasteiger partial charge in [-0.15, -0.1) is 0 Å². The lowest BCUT2D eigenvalue weighted by molar-refractivity contribution is 0.0942. The second-order valence-electron chi connectivity index (χ2n) is 6.51. The van der Waals surface area contributed by atoms with Crippen LogP contribution in [0.5, 0.6) is 0 Å². The standard InChI is InChI=1S/C19H23N3O/c1-13(15-6-5-7-17(20)12-15)21-22-18(23)14-8-10-16(11-9-14)19(2,3)4/h5-12,21H,1,20H2,2-4H3,(H,22,23). The van der Waals surface area contributed by atoms with Crippen molar-refractivity contribution in [3.8, 4) is 0 Å². The molecule has 0 radical (unpaired) electrons. The van der Waals surface area contributed by atoms with Crippen LogP contribution in [0, 0.1) is 0 Å². The van der Waals surface area contributed by atoms with E-state index in [-0.39, 0.29) is 11.3 Å². The van der Waals surface area contributed by atoms with Crippen LogP contribution in [0.25, 0.3) is 5.70 Å². The molecule has 2 rings (SSSR count). The van der Waals surface area contributed by atoms with Crippen LogP contribution >= 0.6 is 0 Å². The molecule has 23 heavy (non-hydrogen) atoms. The van der Waals surface area contributed by atoms with Crippen molar-refractivity contribution in [2.45, 2.75) is 26.2 Å². The molecular weight excluding hydrogens is 286 g/mol. The third-order valence-corrected chi connectivity index (χ3v) is 3.58. The van der Waals surface area contributed by atoms with Gasteiger partial charge in [0.05, 0.1) is 5.70 Å². The van der Waals surface area contributed by atoms with Crippen LogP contribution in [-0.4, -0.2) is 5.91 Å². The van der Waals surface area contributed by atoms with Gasteiger partial charge in [0.15, 0.2) is 0 Å². The number of nitrogens with one attached hydrogen (secondary N) is 2. The zero-order chi connectivity index (χ0) is 17.0. The molecule has 0 aromatic heterocycles. The van der Waals surface area contributed by atoms with E-state index in [1.807, 2.05) is 36.4 Å². The first-order chi connectivity index (χ1) is 10.8. The van der Waals surface area contributed by atoms with Crippen LogP contribution in [0.2, 0.25) is 0 Å². The molecule has 0 fully saturated rings. The van der Waals surface area contributed by atoms with Gasteiger partial charge in [-0.3, -0.25) is 15.6 Å². The SMILES string of the molecule is C=C(NNC(=O)c1ccc(C(C)(C)C)cc1)c1cccc(N)c1. The van der Waals surface area contributed by atoms with Gasteiger partial charge in [-0.25, -0.2) is 0 Å². The molecule has 2 aromatic carbocycles. The van der Waals surface area contributed by atoms with Gasteiger partial charge in [-0.1, -0.05) is 51.6 Å². The number of benzene rings is 2. The highest BCUT2D eigenvalue weighted by Crippen LogP contribution is 2.22. The largest absolute Gasteiger partial charge is 0.399 e. The number of amides is 1. The van der Waals surface area contributed by atoms with Gasteiger partial charge in [0, 0.05) is 16.8 Å². The maximum absolute atomic E-state index is 12.2. The predicted molar refractivity (Wildman–Crippen MR) is 95.6 cm³/mol. The van der Waals surface area contributed by atoms with Crippen molar-refractivity contribution in [1.29, 1.82) is 0 Å². The fourth-order valence-electron chi connectivity index (χ4n) is 2.12. The first-order valence-electron chi connectivity index (χ1n) is 7.49. The van der Waals surface area contributed by atoms with E-state index in [1.165, 1.54) is 5.56 Å². The van der Waals surface area contributed by atoms with E-state index in [4.69, 9.17) is 5.73 Å². The summed E-state index contributed by atoms with van der Waals surface area (Å²) in [7, 11) is 0. The second-order valence-corrected chi connectivity index (χ2v) is 6.51. The Morgan fingerprint density at radius 2 is 1.65 bits per heavy atom. The van der Waals surface area contributed by atoms with Crippen LogP contribution in [0.4, 0.5) is 5.69 Å². The lowest BCUT2D eigenvalue weighted by Crippen LogP contribution is -2.35. The minimum Gasteiger partial charge on any atom is -0.399 e. The van der Waals surface area contributed by atoms with Crippen molar-refractivity contribution in [3.05, 3.63) is 71.8 Å². The number of nitrogens with two attached hydrogens (primary N) is 1. The highest BCUT2D eigenvalue weighted by molar-refractivity contribution is 5.94. The van der Waals surface area contributed by atoms with Gasteiger partial charge >= 0.3 is 0 Å². The van der Waals surface area contributed by atoms with Gasteiger partial charge in [0.25, 0.3) is 5.91 Å². The Hall–Kier alpha value is -2.75. The van der Waals surface area contributed by atoms with E-state index in [2.05, 4.69) is 38.2 Å². The molecule has 0 bridgehead atoms. The topological polar surface area (TPSA) is 67.1 Å². The number of hydrogen-bond acceptors (Lipinski definition) is 3. The fraction of sp³-hybridized carbons (Fsp3) is 0.211. The Labute approximate surface area is 137 Å². The molecule has 0 unspecified atom stereocenters. The third-order valence-electron chi connectivity index (χ3n) is 3.58. The van der Waals surface area contributed by atoms with E-state index in [9.17, 15) is 4.79 Å². The minimum absolute atomic E-state index is 0.0643. The van der Waals surface area contributed by atoms with Crippen LogP contribution in [0.1, 0.15) is 42.3 Å². The Kier molecular flexibility index (Phi) is 4.74. The minimum atomic E-state index is -0.212. The average molecular weight is 309 g/mol. The summed E-state index contributed by atoms with van der Waals surface area (Å²) < 4.78 is 0. The van der Waals surface area contributed by atoms with Gasteiger partial charge in [0.1, 0.15) is 0 Å².